The van der Waals surface area contributed by atoms with Gasteiger partial charge in [0.15, 0.2) is 5.69 Å². The molecule has 0 aliphatic carbocycles. The molecule has 0 aliphatic heterocycles. The Labute approximate surface area is 61.2 Å². The van der Waals surface area contributed by atoms with Gasteiger partial charge in [0, 0.05) is 0 Å². The molecule has 1 aromatic rings. The van der Waals surface area contributed by atoms with E-state index in [0.717, 1.165) is 6.26 Å². The molecule has 11 heavy (non-hydrogen) atoms. The lowest BCUT2D eigenvalue weighted by molar-refractivity contribution is 0.0967. The van der Waals surface area contributed by atoms with Gasteiger partial charge >= 0.3 is 5.91 Å². The zero-order valence-electron chi connectivity index (χ0n) is 5.40. The quantitative estimate of drug-likeness (QED) is 0.562. The maximum absolute atomic E-state index is 10.4. The lowest BCUT2D eigenvalue weighted by Crippen LogP contribution is -2.14. The van der Waals surface area contributed by atoms with Crippen molar-refractivity contribution >= 4 is 11.8 Å². The fourth-order valence-corrected chi connectivity index (χ4v) is 0.500. The largest absolute Gasteiger partial charge is 0.440 e. The predicted molar refractivity (Wildman–Crippen MR) is 33.5 cm³/mol. The monoisotopic (exact) mass is 155 g/mol. The average Bonchev–Trinajstić information content (AvgIpc) is 2.33. The van der Waals surface area contributed by atoms with Crippen molar-refractivity contribution in [2.45, 2.75) is 0 Å². The van der Waals surface area contributed by atoms with Crippen LogP contribution in [0.25, 0.3) is 0 Å². The van der Waals surface area contributed by atoms with E-state index in [1.54, 1.807) is 0 Å². The normalized spacial score (nSPS) is 9.45. The molecule has 0 fully saturated rings. The summed E-state index contributed by atoms with van der Waals surface area (Å²) in [5.74, 6) is -1.92. The van der Waals surface area contributed by atoms with Gasteiger partial charge in [-0.3, -0.25) is 9.59 Å². The van der Waals surface area contributed by atoms with Gasteiger partial charge in [0.05, 0.1) is 0 Å². The second kappa shape index (κ2) is 2.41. The molecule has 0 aromatic carbocycles. The Hall–Kier alpha value is -1.85. The Morgan fingerprint density at radius 1 is 1.36 bits per heavy atom. The van der Waals surface area contributed by atoms with Crippen molar-refractivity contribution in [3.05, 3.63) is 17.8 Å². The van der Waals surface area contributed by atoms with E-state index in [4.69, 9.17) is 11.5 Å². The van der Waals surface area contributed by atoms with E-state index in [1.165, 1.54) is 0 Å². The van der Waals surface area contributed by atoms with Gasteiger partial charge < -0.3 is 15.9 Å². The molecule has 6 heteroatoms. The molecule has 0 unspecified atom stereocenters. The maximum Gasteiger partial charge on any atom is 0.304 e. The topological polar surface area (TPSA) is 112 Å². The first-order valence-electron chi connectivity index (χ1n) is 2.66. The molecule has 6 nitrogen and oxygen atoms in total. The van der Waals surface area contributed by atoms with Gasteiger partial charge in [0.1, 0.15) is 6.26 Å². The van der Waals surface area contributed by atoms with Crippen LogP contribution >= 0.6 is 0 Å². The molecule has 0 spiro atoms. The molecule has 0 bridgehead atoms. The Bertz CT molecular complexity index is 275. The highest BCUT2D eigenvalue weighted by molar-refractivity contribution is 5.93. The zero-order chi connectivity index (χ0) is 8.43. The number of primary amides is 2. The van der Waals surface area contributed by atoms with E-state index >= 15 is 0 Å². The van der Waals surface area contributed by atoms with E-state index < -0.39 is 11.8 Å². The van der Waals surface area contributed by atoms with Crippen LogP contribution in [0.3, 0.4) is 0 Å². The van der Waals surface area contributed by atoms with Crippen molar-refractivity contribution in [3.63, 3.8) is 0 Å². The van der Waals surface area contributed by atoms with Crippen molar-refractivity contribution < 1.29 is 14.0 Å². The van der Waals surface area contributed by atoms with Crippen LogP contribution < -0.4 is 11.5 Å². The highest BCUT2D eigenvalue weighted by Crippen LogP contribution is 1.99. The molecule has 58 valence electrons. The predicted octanol–water partition coefficient (Wildman–Crippen LogP) is -1.13. The third-order valence-corrected chi connectivity index (χ3v) is 0.967. The van der Waals surface area contributed by atoms with E-state index in [-0.39, 0.29) is 11.6 Å². The molecule has 0 aliphatic rings. The third-order valence-electron chi connectivity index (χ3n) is 0.967. The number of oxazole rings is 1. The molecule has 0 saturated carbocycles. The number of carbonyl (C=O) groups is 2. The van der Waals surface area contributed by atoms with Crippen LogP contribution in [0.4, 0.5) is 0 Å². The van der Waals surface area contributed by atoms with Gasteiger partial charge in [0.2, 0.25) is 0 Å². The van der Waals surface area contributed by atoms with Crippen molar-refractivity contribution in [1.82, 2.24) is 4.98 Å². The molecule has 2 amide bonds. The summed E-state index contributed by atoms with van der Waals surface area (Å²) in [6.45, 7) is 0. The van der Waals surface area contributed by atoms with Crippen LogP contribution in [0.1, 0.15) is 21.2 Å². The van der Waals surface area contributed by atoms with E-state index in [1.807, 2.05) is 0 Å². The minimum Gasteiger partial charge on any atom is -0.440 e. The number of aromatic nitrogens is 1. The van der Waals surface area contributed by atoms with Crippen molar-refractivity contribution in [3.8, 4) is 0 Å². The summed E-state index contributed by atoms with van der Waals surface area (Å²) in [5, 5.41) is 0. The van der Waals surface area contributed by atoms with Crippen LogP contribution in [0.15, 0.2) is 10.7 Å². The summed E-state index contributed by atoms with van der Waals surface area (Å²) in [7, 11) is 0. The fourth-order valence-electron chi connectivity index (χ4n) is 0.500. The number of hydrogen-bond donors (Lipinski definition) is 2. The number of rotatable bonds is 2. The molecular formula is C5H5N3O3. The number of carbonyl (C=O) groups excluding carboxylic acids is 2. The lowest BCUT2D eigenvalue weighted by Gasteiger charge is -1.81. The summed E-state index contributed by atoms with van der Waals surface area (Å²) < 4.78 is 4.50. The summed E-state index contributed by atoms with van der Waals surface area (Å²) in [6.07, 6.45) is 0.975. The second-order valence-electron chi connectivity index (χ2n) is 1.77. The van der Waals surface area contributed by atoms with Crippen molar-refractivity contribution in [1.29, 1.82) is 0 Å². The summed E-state index contributed by atoms with van der Waals surface area (Å²) in [5.41, 5.74) is 9.48. The lowest BCUT2D eigenvalue weighted by atomic mass is 10.5. The Kier molecular flexibility index (Phi) is 1.59. The number of hydrogen-bond acceptors (Lipinski definition) is 4. The van der Waals surface area contributed by atoms with Gasteiger partial charge in [-0.25, -0.2) is 0 Å². The van der Waals surface area contributed by atoms with E-state index in [2.05, 4.69) is 9.40 Å². The highest BCUT2D eigenvalue weighted by Gasteiger charge is 2.11. The van der Waals surface area contributed by atoms with Crippen LogP contribution in [0.2, 0.25) is 0 Å². The first-order valence-corrected chi connectivity index (χ1v) is 2.66. The average molecular weight is 155 g/mol. The van der Waals surface area contributed by atoms with Gasteiger partial charge in [-0.2, -0.15) is 4.98 Å². The second-order valence-corrected chi connectivity index (χ2v) is 1.77. The molecule has 0 radical (unpaired) electrons. The van der Waals surface area contributed by atoms with Gasteiger partial charge in [-0.05, 0) is 0 Å². The van der Waals surface area contributed by atoms with Crippen LogP contribution in [-0.4, -0.2) is 16.8 Å². The summed E-state index contributed by atoms with van der Waals surface area (Å²) in [6, 6.07) is 0. The molecule has 1 aromatic heterocycles. The zero-order valence-corrected chi connectivity index (χ0v) is 5.40. The Morgan fingerprint density at radius 2 is 2.00 bits per heavy atom. The molecule has 1 heterocycles. The molecule has 0 atom stereocenters. The van der Waals surface area contributed by atoms with Crippen molar-refractivity contribution in [2.75, 3.05) is 0 Å². The van der Waals surface area contributed by atoms with Crippen LogP contribution in [-0.2, 0) is 0 Å². The SMILES string of the molecule is NC(=O)c1coc(C(N)=O)n1. The minimum absolute atomic E-state index is 0.112. The van der Waals surface area contributed by atoms with Crippen LogP contribution in [0.5, 0.6) is 0 Å². The third kappa shape index (κ3) is 1.34. The molecule has 4 N–H and O–H groups in total. The van der Waals surface area contributed by atoms with Gasteiger partial charge in [-0.15, -0.1) is 0 Å². The van der Waals surface area contributed by atoms with Gasteiger partial charge in [0.25, 0.3) is 11.8 Å². The summed E-state index contributed by atoms with van der Waals surface area (Å²) >= 11 is 0. The minimum atomic E-state index is -0.836. The standard InChI is InChI=1S/C5H5N3O3/c6-3(9)2-1-11-5(8-2)4(7)10/h1H,(H2,6,9)(H2,7,10). The number of nitrogens with two attached hydrogens (primary N) is 2. The Balaban J connectivity index is 2.99. The fraction of sp³-hybridized carbons (Fsp3) is 0. The molecule has 1 rings (SSSR count). The highest BCUT2D eigenvalue weighted by atomic mass is 16.4. The number of amides is 2. The van der Waals surface area contributed by atoms with E-state index in [0.29, 0.717) is 0 Å². The van der Waals surface area contributed by atoms with E-state index in [9.17, 15) is 9.59 Å². The van der Waals surface area contributed by atoms with Crippen molar-refractivity contribution in [2.24, 2.45) is 11.5 Å². The molecule has 0 saturated heterocycles. The number of nitrogens with zero attached hydrogens (tertiary/aromatic N) is 1. The summed E-state index contributed by atoms with van der Waals surface area (Å²) in [4.78, 5) is 24.1. The van der Waals surface area contributed by atoms with Gasteiger partial charge in [-0.1, -0.05) is 0 Å². The first-order chi connectivity index (χ1) is 5.11. The molecular weight excluding hydrogens is 150 g/mol. The Morgan fingerprint density at radius 3 is 2.27 bits per heavy atom. The maximum atomic E-state index is 10.4. The smallest absolute Gasteiger partial charge is 0.304 e. The van der Waals surface area contributed by atoms with Crippen LogP contribution in [0, 0.1) is 0 Å². The first kappa shape index (κ1) is 7.26.